The molecule has 6 heteroatoms. The molecular weight excluding hydrogens is 278 g/mol. The van der Waals surface area contributed by atoms with E-state index in [1.54, 1.807) is 18.2 Å². The van der Waals surface area contributed by atoms with Crippen LogP contribution in [0.4, 0.5) is 4.39 Å². The molecule has 0 radical (unpaired) electrons. The SMILES string of the molecule is NCc1ccnc(Oc2cccc(Cl)c2Cl)c1F. The molecule has 1 aromatic heterocycles. The number of nitrogens with two attached hydrogens (primary N) is 1. The number of rotatable bonds is 3. The standard InChI is InChI=1S/C12H9Cl2FN2O/c13-8-2-1-3-9(10(8)14)18-12-11(15)7(6-16)4-5-17-12/h1-5H,6,16H2. The van der Waals surface area contributed by atoms with Gasteiger partial charge in [-0.1, -0.05) is 29.3 Å². The lowest BCUT2D eigenvalue weighted by atomic mass is 10.2. The van der Waals surface area contributed by atoms with E-state index >= 15 is 0 Å². The molecule has 0 spiro atoms. The fraction of sp³-hybridized carbons (Fsp3) is 0.0833. The van der Waals surface area contributed by atoms with Gasteiger partial charge in [0.25, 0.3) is 5.88 Å². The van der Waals surface area contributed by atoms with Crippen LogP contribution in [0.15, 0.2) is 30.5 Å². The molecule has 0 saturated heterocycles. The van der Waals surface area contributed by atoms with Crippen LogP contribution in [0.1, 0.15) is 5.56 Å². The fourth-order valence-electron chi connectivity index (χ4n) is 1.36. The van der Waals surface area contributed by atoms with Gasteiger partial charge in [0.1, 0.15) is 10.8 Å². The van der Waals surface area contributed by atoms with E-state index < -0.39 is 5.82 Å². The molecule has 2 rings (SSSR count). The van der Waals surface area contributed by atoms with Crippen molar-refractivity contribution in [1.29, 1.82) is 0 Å². The third-order valence-corrected chi connectivity index (χ3v) is 3.08. The van der Waals surface area contributed by atoms with Gasteiger partial charge in [0.2, 0.25) is 0 Å². The Bertz CT molecular complexity index is 578. The van der Waals surface area contributed by atoms with Crippen molar-refractivity contribution in [2.45, 2.75) is 6.54 Å². The largest absolute Gasteiger partial charge is 0.435 e. The van der Waals surface area contributed by atoms with Crippen LogP contribution >= 0.6 is 23.2 Å². The molecule has 2 N–H and O–H groups in total. The van der Waals surface area contributed by atoms with Crippen molar-refractivity contribution in [3.05, 3.63) is 51.9 Å². The Morgan fingerprint density at radius 3 is 2.78 bits per heavy atom. The van der Waals surface area contributed by atoms with E-state index in [1.165, 1.54) is 12.3 Å². The summed E-state index contributed by atoms with van der Waals surface area (Å²) >= 11 is 11.8. The Labute approximate surface area is 113 Å². The van der Waals surface area contributed by atoms with E-state index in [0.717, 1.165) is 0 Å². The number of hydrogen-bond donors (Lipinski definition) is 1. The molecule has 0 aliphatic heterocycles. The van der Waals surface area contributed by atoms with E-state index in [-0.39, 0.29) is 23.2 Å². The lowest BCUT2D eigenvalue weighted by molar-refractivity contribution is 0.419. The number of pyridine rings is 1. The predicted octanol–water partition coefficient (Wildman–Crippen LogP) is 3.78. The molecule has 0 saturated carbocycles. The van der Waals surface area contributed by atoms with E-state index in [2.05, 4.69) is 4.98 Å². The molecule has 3 nitrogen and oxygen atoms in total. The molecule has 0 atom stereocenters. The van der Waals surface area contributed by atoms with Gasteiger partial charge in [0.05, 0.1) is 5.02 Å². The summed E-state index contributed by atoms with van der Waals surface area (Å²) in [6.07, 6.45) is 1.42. The molecule has 0 bridgehead atoms. The lowest BCUT2D eigenvalue weighted by Gasteiger charge is -2.09. The Kier molecular flexibility index (Phi) is 4.01. The van der Waals surface area contributed by atoms with Gasteiger partial charge in [-0.25, -0.2) is 9.37 Å². The zero-order chi connectivity index (χ0) is 13.1. The summed E-state index contributed by atoms with van der Waals surface area (Å²) in [5, 5.41) is 0.531. The number of benzene rings is 1. The lowest BCUT2D eigenvalue weighted by Crippen LogP contribution is -2.02. The van der Waals surface area contributed by atoms with E-state index in [9.17, 15) is 4.39 Å². The highest BCUT2D eigenvalue weighted by molar-refractivity contribution is 6.42. The van der Waals surface area contributed by atoms with E-state index in [4.69, 9.17) is 33.7 Å². The van der Waals surface area contributed by atoms with Gasteiger partial charge in [-0.15, -0.1) is 0 Å². The molecule has 1 aromatic carbocycles. The van der Waals surface area contributed by atoms with Gasteiger partial charge in [-0.05, 0) is 18.2 Å². The van der Waals surface area contributed by atoms with Crippen LogP contribution in [0.2, 0.25) is 10.0 Å². The van der Waals surface area contributed by atoms with E-state index in [1.807, 2.05) is 0 Å². The van der Waals surface area contributed by atoms with Gasteiger partial charge in [0.15, 0.2) is 5.82 Å². The highest BCUT2D eigenvalue weighted by atomic mass is 35.5. The number of hydrogen-bond acceptors (Lipinski definition) is 3. The smallest absolute Gasteiger partial charge is 0.256 e. The van der Waals surface area contributed by atoms with Crippen molar-refractivity contribution >= 4 is 23.2 Å². The Morgan fingerprint density at radius 2 is 2.06 bits per heavy atom. The Balaban J connectivity index is 2.37. The molecule has 0 fully saturated rings. The summed E-state index contributed by atoms with van der Waals surface area (Å²) in [6, 6.07) is 6.32. The van der Waals surface area contributed by atoms with Gasteiger partial charge < -0.3 is 10.5 Å². The second kappa shape index (κ2) is 5.52. The average Bonchev–Trinajstić information content (AvgIpc) is 2.37. The van der Waals surface area contributed by atoms with Crippen molar-refractivity contribution in [2.24, 2.45) is 5.73 Å². The molecule has 1 heterocycles. The molecule has 0 amide bonds. The molecular formula is C12H9Cl2FN2O. The second-order valence-corrected chi connectivity index (χ2v) is 4.23. The topological polar surface area (TPSA) is 48.1 Å². The first-order valence-corrected chi connectivity index (χ1v) is 5.84. The summed E-state index contributed by atoms with van der Waals surface area (Å²) in [5.41, 5.74) is 5.71. The zero-order valence-corrected chi connectivity index (χ0v) is 10.7. The molecule has 18 heavy (non-hydrogen) atoms. The molecule has 0 aliphatic carbocycles. The molecule has 0 aliphatic rings. The summed E-state index contributed by atoms with van der Waals surface area (Å²) in [6.45, 7) is 0.0635. The summed E-state index contributed by atoms with van der Waals surface area (Å²) in [5.74, 6) is -0.539. The minimum Gasteiger partial charge on any atom is -0.435 e. The van der Waals surface area contributed by atoms with Crippen LogP contribution in [-0.2, 0) is 6.54 Å². The van der Waals surface area contributed by atoms with Gasteiger partial charge in [-0.2, -0.15) is 0 Å². The fourth-order valence-corrected chi connectivity index (χ4v) is 1.69. The van der Waals surface area contributed by atoms with Crippen molar-refractivity contribution < 1.29 is 9.13 Å². The normalized spacial score (nSPS) is 10.4. The first-order chi connectivity index (χ1) is 8.63. The van der Waals surface area contributed by atoms with Gasteiger partial charge in [0, 0.05) is 18.3 Å². The maximum atomic E-state index is 13.8. The quantitative estimate of drug-likeness (QED) is 0.934. The van der Waals surface area contributed by atoms with Crippen LogP contribution in [0.3, 0.4) is 0 Å². The number of ether oxygens (including phenoxy) is 1. The number of nitrogens with zero attached hydrogens (tertiary/aromatic N) is 1. The first kappa shape index (κ1) is 13.1. The number of aromatic nitrogens is 1. The summed E-state index contributed by atoms with van der Waals surface area (Å²) < 4.78 is 19.2. The van der Waals surface area contributed by atoms with Crippen LogP contribution in [0, 0.1) is 5.82 Å². The number of halogens is 3. The highest BCUT2D eigenvalue weighted by Gasteiger charge is 2.13. The second-order valence-electron chi connectivity index (χ2n) is 3.45. The predicted molar refractivity (Wildman–Crippen MR) is 68.6 cm³/mol. The highest BCUT2D eigenvalue weighted by Crippen LogP contribution is 2.34. The van der Waals surface area contributed by atoms with Crippen molar-refractivity contribution in [3.63, 3.8) is 0 Å². The van der Waals surface area contributed by atoms with Crippen LogP contribution < -0.4 is 10.5 Å². The summed E-state index contributed by atoms with van der Waals surface area (Å²) in [7, 11) is 0. The third-order valence-electron chi connectivity index (χ3n) is 2.28. The minimum atomic E-state index is -0.601. The van der Waals surface area contributed by atoms with Crippen molar-refractivity contribution in [2.75, 3.05) is 0 Å². The average molecular weight is 287 g/mol. The zero-order valence-electron chi connectivity index (χ0n) is 9.16. The van der Waals surface area contributed by atoms with E-state index in [0.29, 0.717) is 10.6 Å². The Morgan fingerprint density at radius 1 is 1.28 bits per heavy atom. The third kappa shape index (κ3) is 2.56. The van der Waals surface area contributed by atoms with Gasteiger partial charge >= 0.3 is 0 Å². The minimum absolute atomic E-state index is 0.0635. The first-order valence-electron chi connectivity index (χ1n) is 5.08. The molecule has 0 unspecified atom stereocenters. The Hall–Kier alpha value is -1.36. The molecule has 94 valence electrons. The molecule has 2 aromatic rings. The summed E-state index contributed by atoms with van der Waals surface area (Å²) in [4.78, 5) is 3.80. The maximum Gasteiger partial charge on any atom is 0.256 e. The van der Waals surface area contributed by atoms with Crippen LogP contribution in [0.25, 0.3) is 0 Å². The van der Waals surface area contributed by atoms with Crippen molar-refractivity contribution in [1.82, 2.24) is 4.98 Å². The maximum absolute atomic E-state index is 13.8. The monoisotopic (exact) mass is 286 g/mol. The van der Waals surface area contributed by atoms with Crippen LogP contribution in [0.5, 0.6) is 11.6 Å². The van der Waals surface area contributed by atoms with Crippen LogP contribution in [-0.4, -0.2) is 4.98 Å². The van der Waals surface area contributed by atoms with Gasteiger partial charge in [-0.3, -0.25) is 0 Å². The van der Waals surface area contributed by atoms with Crippen molar-refractivity contribution in [3.8, 4) is 11.6 Å².